The first-order valence-corrected chi connectivity index (χ1v) is 8.95. The van der Waals surface area contributed by atoms with E-state index in [0.29, 0.717) is 18.0 Å². The van der Waals surface area contributed by atoms with Crippen LogP contribution in [0.2, 0.25) is 0 Å². The molecule has 2 unspecified atom stereocenters. The van der Waals surface area contributed by atoms with Gasteiger partial charge in [0.15, 0.2) is 5.96 Å². The van der Waals surface area contributed by atoms with Crippen LogP contribution in [0.25, 0.3) is 0 Å². The molecule has 0 aliphatic carbocycles. The fourth-order valence-corrected chi connectivity index (χ4v) is 2.76. The molecule has 1 rings (SSSR count). The van der Waals surface area contributed by atoms with Crippen molar-refractivity contribution >= 4 is 29.9 Å². The van der Waals surface area contributed by atoms with Gasteiger partial charge in [-0.25, -0.2) is 0 Å². The maximum Gasteiger partial charge on any atom is 0.191 e. The molecular weight excluding hydrogens is 403 g/mol. The Hall–Kier alpha value is -0.0800. The lowest BCUT2D eigenvalue weighted by Crippen LogP contribution is -2.46. The summed E-state index contributed by atoms with van der Waals surface area (Å²) in [7, 11) is 0. The van der Waals surface area contributed by atoms with E-state index in [4.69, 9.17) is 9.73 Å². The van der Waals surface area contributed by atoms with Crippen LogP contribution in [0.4, 0.5) is 0 Å². The Morgan fingerprint density at radius 3 is 2.57 bits per heavy atom. The number of guanidine groups is 1. The highest BCUT2D eigenvalue weighted by molar-refractivity contribution is 14.0. The monoisotopic (exact) mass is 440 g/mol. The first-order valence-electron chi connectivity index (χ1n) is 8.95. The van der Waals surface area contributed by atoms with Crippen LogP contribution in [0.5, 0.6) is 0 Å². The number of likely N-dealkylation sites (tertiary alicyclic amines) is 1. The van der Waals surface area contributed by atoms with Crippen LogP contribution >= 0.6 is 24.0 Å². The second kappa shape index (κ2) is 13.2. The van der Waals surface area contributed by atoms with E-state index in [1.165, 1.54) is 6.54 Å². The fraction of sp³-hybridized carbons (Fsp3) is 0.941. The Morgan fingerprint density at radius 1 is 1.26 bits per heavy atom. The summed E-state index contributed by atoms with van der Waals surface area (Å²) < 4.78 is 5.36. The molecule has 5 nitrogen and oxygen atoms in total. The van der Waals surface area contributed by atoms with Gasteiger partial charge in [-0.3, -0.25) is 9.89 Å². The normalized spacial score (nSPS) is 22.3. The van der Waals surface area contributed by atoms with Crippen molar-refractivity contribution in [1.82, 2.24) is 15.5 Å². The molecule has 2 atom stereocenters. The second-order valence-corrected chi connectivity index (χ2v) is 6.44. The molecular formula is C17H37IN4O. The molecule has 0 amide bonds. The Morgan fingerprint density at radius 2 is 2.00 bits per heavy atom. The number of ether oxygens (including phenoxy) is 1. The van der Waals surface area contributed by atoms with Crippen LogP contribution < -0.4 is 10.6 Å². The summed E-state index contributed by atoms with van der Waals surface area (Å²) in [5, 5.41) is 6.98. The zero-order valence-electron chi connectivity index (χ0n) is 15.6. The lowest BCUT2D eigenvalue weighted by Gasteiger charge is -2.21. The lowest BCUT2D eigenvalue weighted by atomic mass is 10.1. The molecule has 0 aromatic carbocycles. The van der Waals surface area contributed by atoms with Gasteiger partial charge < -0.3 is 15.4 Å². The molecule has 0 aromatic heterocycles. The standard InChI is InChI=1S/C17H36N4O.HI/c1-6-18-17(19-10-8-9-11-22-7-2)20-16-13-21(14(3)4)12-15(16)5;/h14-16H,6-13H2,1-5H3,(H2,18,19,20);1H. The summed E-state index contributed by atoms with van der Waals surface area (Å²) in [6, 6.07) is 1.11. The van der Waals surface area contributed by atoms with Gasteiger partial charge in [-0.1, -0.05) is 6.92 Å². The topological polar surface area (TPSA) is 48.9 Å². The number of aliphatic imine (C=N–C) groups is 1. The number of nitrogens with zero attached hydrogens (tertiary/aromatic N) is 2. The van der Waals surface area contributed by atoms with Crippen molar-refractivity contribution in [3.05, 3.63) is 0 Å². The van der Waals surface area contributed by atoms with Crippen molar-refractivity contribution in [3.8, 4) is 0 Å². The van der Waals surface area contributed by atoms with E-state index in [1.54, 1.807) is 0 Å². The van der Waals surface area contributed by atoms with Gasteiger partial charge in [0.1, 0.15) is 0 Å². The fourth-order valence-electron chi connectivity index (χ4n) is 2.76. The van der Waals surface area contributed by atoms with Gasteiger partial charge in [0.25, 0.3) is 0 Å². The third kappa shape index (κ3) is 9.10. The van der Waals surface area contributed by atoms with Crippen molar-refractivity contribution in [3.63, 3.8) is 0 Å². The predicted octanol–water partition coefficient (Wildman–Crippen LogP) is 2.70. The van der Waals surface area contributed by atoms with E-state index >= 15 is 0 Å². The van der Waals surface area contributed by atoms with Crippen LogP contribution in [0.1, 0.15) is 47.5 Å². The summed E-state index contributed by atoms with van der Waals surface area (Å²) in [6.45, 7) is 16.7. The first-order chi connectivity index (χ1) is 10.6. The van der Waals surface area contributed by atoms with Crippen LogP contribution in [-0.2, 0) is 4.74 Å². The maximum atomic E-state index is 5.36. The summed E-state index contributed by atoms with van der Waals surface area (Å²) in [5.74, 6) is 1.62. The van der Waals surface area contributed by atoms with Gasteiger partial charge in [0.05, 0.1) is 0 Å². The molecule has 2 N–H and O–H groups in total. The molecule has 1 heterocycles. The molecule has 0 aromatic rings. The highest BCUT2D eigenvalue weighted by Gasteiger charge is 2.31. The van der Waals surface area contributed by atoms with Gasteiger partial charge in [0, 0.05) is 51.5 Å². The zero-order valence-corrected chi connectivity index (χ0v) is 17.9. The third-order valence-electron chi connectivity index (χ3n) is 4.21. The van der Waals surface area contributed by atoms with Gasteiger partial charge >= 0.3 is 0 Å². The number of nitrogens with one attached hydrogen (secondary N) is 2. The Balaban J connectivity index is 0.00000484. The molecule has 1 aliphatic heterocycles. The molecule has 0 bridgehead atoms. The summed E-state index contributed by atoms with van der Waals surface area (Å²) in [5.41, 5.74) is 0. The molecule has 1 aliphatic rings. The van der Waals surface area contributed by atoms with Crippen LogP contribution in [0.15, 0.2) is 4.99 Å². The van der Waals surface area contributed by atoms with Crippen LogP contribution in [0.3, 0.4) is 0 Å². The summed E-state index contributed by atoms with van der Waals surface area (Å²) in [4.78, 5) is 7.23. The van der Waals surface area contributed by atoms with Crippen molar-refractivity contribution < 1.29 is 4.74 Å². The van der Waals surface area contributed by atoms with Crippen LogP contribution in [-0.4, -0.2) is 62.3 Å². The van der Waals surface area contributed by atoms with E-state index in [2.05, 4.69) is 43.2 Å². The SMILES string of the molecule is CCNC(=NCCCCOCC)NC1CN(C(C)C)CC1C.I. The van der Waals surface area contributed by atoms with Crippen LogP contribution in [0, 0.1) is 5.92 Å². The molecule has 0 spiro atoms. The highest BCUT2D eigenvalue weighted by Crippen LogP contribution is 2.18. The number of unbranched alkanes of at least 4 members (excludes halogenated alkanes) is 1. The minimum atomic E-state index is 0. The number of rotatable bonds is 9. The molecule has 0 saturated carbocycles. The first kappa shape index (κ1) is 22.9. The largest absolute Gasteiger partial charge is 0.382 e. The van der Waals surface area contributed by atoms with Crippen molar-refractivity contribution in [2.24, 2.45) is 10.9 Å². The van der Waals surface area contributed by atoms with E-state index in [0.717, 1.165) is 51.6 Å². The Bertz CT molecular complexity index is 326. The van der Waals surface area contributed by atoms with Crippen molar-refractivity contribution in [1.29, 1.82) is 0 Å². The molecule has 1 fully saturated rings. The Labute approximate surface area is 160 Å². The van der Waals surface area contributed by atoms with Crippen molar-refractivity contribution in [2.75, 3.05) is 39.4 Å². The Kier molecular flexibility index (Phi) is 13.2. The van der Waals surface area contributed by atoms with Gasteiger partial charge in [-0.15, -0.1) is 24.0 Å². The number of hydrogen-bond donors (Lipinski definition) is 2. The second-order valence-electron chi connectivity index (χ2n) is 6.44. The summed E-state index contributed by atoms with van der Waals surface area (Å²) >= 11 is 0. The maximum absolute atomic E-state index is 5.36. The smallest absolute Gasteiger partial charge is 0.191 e. The zero-order chi connectivity index (χ0) is 16.4. The molecule has 1 saturated heterocycles. The highest BCUT2D eigenvalue weighted by atomic mass is 127. The quantitative estimate of drug-likeness (QED) is 0.251. The van der Waals surface area contributed by atoms with E-state index in [1.807, 2.05) is 6.92 Å². The van der Waals surface area contributed by atoms with E-state index < -0.39 is 0 Å². The van der Waals surface area contributed by atoms with Gasteiger partial charge in [0.2, 0.25) is 0 Å². The average molecular weight is 440 g/mol. The summed E-state index contributed by atoms with van der Waals surface area (Å²) in [6.07, 6.45) is 2.16. The minimum Gasteiger partial charge on any atom is -0.382 e. The molecule has 138 valence electrons. The molecule has 6 heteroatoms. The predicted molar refractivity (Wildman–Crippen MR) is 110 cm³/mol. The van der Waals surface area contributed by atoms with E-state index in [-0.39, 0.29) is 24.0 Å². The van der Waals surface area contributed by atoms with Gasteiger partial charge in [-0.05, 0) is 46.5 Å². The van der Waals surface area contributed by atoms with Crippen molar-refractivity contribution in [2.45, 2.75) is 59.5 Å². The number of halogens is 1. The minimum absolute atomic E-state index is 0. The van der Waals surface area contributed by atoms with E-state index in [9.17, 15) is 0 Å². The third-order valence-corrected chi connectivity index (χ3v) is 4.21. The average Bonchev–Trinajstić information content (AvgIpc) is 2.84. The molecule has 0 radical (unpaired) electrons. The van der Waals surface area contributed by atoms with Gasteiger partial charge in [-0.2, -0.15) is 0 Å². The molecule has 23 heavy (non-hydrogen) atoms. The lowest BCUT2D eigenvalue weighted by molar-refractivity contribution is 0.144. The number of hydrogen-bond acceptors (Lipinski definition) is 3.